The number of benzene rings is 1. The van der Waals surface area contributed by atoms with Gasteiger partial charge in [0.1, 0.15) is 5.82 Å². The van der Waals surface area contributed by atoms with Crippen molar-refractivity contribution in [1.82, 2.24) is 0 Å². The predicted octanol–water partition coefficient (Wildman–Crippen LogP) is 1.65. The van der Waals surface area contributed by atoms with Crippen LogP contribution in [-0.2, 0) is 0 Å². The topological polar surface area (TPSA) is 23.5 Å². The second-order valence-corrected chi connectivity index (χ2v) is 2.00. The molecule has 1 N–H and O–H groups in total. The molecule has 0 spiro atoms. The zero-order chi connectivity index (χ0) is 7.56. The van der Waals surface area contributed by atoms with E-state index in [4.69, 9.17) is 5.21 Å². The smallest absolute Gasteiger partial charge is 0.123 e. The van der Waals surface area contributed by atoms with Crippen molar-refractivity contribution in [2.45, 2.75) is 0 Å². The van der Waals surface area contributed by atoms with Crippen molar-refractivity contribution in [2.24, 2.45) is 0 Å². The Bertz CT molecular complexity index is 207. The van der Waals surface area contributed by atoms with Gasteiger partial charge in [-0.3, -0.25) is 10.3 Å². The Morgan fingerprint density at radius 1 is 1.30 bits per heavy atom. The molecule has 1 aromatic rings. The normalized spacial score (nSPS) is 9.50. The van der Waals surface area contributed by atoms with E-state index in [-0.39, 0.29) is 5.82 Å². The zero-order valence-corrected chi connectivity index (χ0v) is 5.58. The maximum atomic E-state index is 12.2. The molecule has 0 fully saturated rings. The first-order valence-corrected chi connectivity index (χ1v) is 2.88. The standard InChI is InChI=1S/C7H8FNO/c1-9(10)7-4-2-6(8)3-5-7/h2-5,10H,1H3. The second kappa shape index (κ2) is 2.66. The summed E-state index contributed by atoms with van der Waals surface area (Å²) < 4.78 is 12.2. The minimum Gasteiger partial charge on any atom is -0.289 e. The first-order valence-electron chi connectivity index (χ1n) is 2.88. The quantitative estimate of drug-likeness (QED) is 0.601. The summed E-state index contributed by atoms with van der Waals surface area (Å²) in [7, 11) is 1.48. The average Bonchev–Trinajstić information content (AvgIpc) is 1.88. The summed E-state index contributed by atoms with van der Waals surface area (Å²) in [4.78, 5) is 0. The molecule has 1 aromatic carbocycles. The van der Waals surface area contributed by atoms with Gasteiger partial charge in [0.05, 0.1) is 5.69 Å². The average molecular weight is 141 g/mol. The summed E-state index contributed by atoms with van der Waals surface area (Å²) in [5.41, 5.74) is 0.571. The predicted molar refractivity (Wildman–Crippen MR) is 36.6 cm³/mol. The SMILES string of the molecule is CN(O)c1ccc(F)cc1. The Morgan fingerprint density at radius 2 is 1.80 bits per heavy atom. The third-order valence-electron chi connectivity index (χ3n) is 1.20. The van der Waals surface area contributed by atoms with Crippen molar-refractivity contribution in [3.63, 3.8) is 0 Å². The van der Waals surface area contributed by atoms with E-state index in [2.05, 4.69) is 0 Å². The van der Waals surface area contributed by atoms with Gasteiger partial charge in [0.25, 0.3) is 0 Å². The molecule has 10 heavy (non-hydrogen) atoms. The van der Waals surface area contributed by atoms with Gasteiger partial charge < -0.3 is 0 Å². The van der Waals surface area contributed by atoms with E-state index in [9.17, 15) is 4.39 Å². The van der Waals surface area contributed by atoms with Crippen LogP contribution in [0, 0.1) is 5.82 Å². The number of rotatable bonds is 1. The molecule has 0 saturated heterocycles. The highest BCUT2D eigenvalue weighted by atomic mass is 19.1. The van der Waals surface area contributed by atoms with E-state index in [1.807, 2.05) is 0 Å². The molecule has 0 aliphatic heterocycles. The van der Waals surface area contributed by atoms with Gasteiger partial charge in [-0.05, 0) is 24.3 Å². The van der Waals surface area contributed by atoms with Crippen molar-refractivity contribution in [2.75, 3.05) is 12.1 Å². The van der Waals surface area contributed by atoms with Crippen LogP contribution in [0.3, 0.4) is 0 Å². The van der Waals surface area contributed by atoms with Crippen LogP contribution in [-0.4, -0.2) is 12.3 Å². The molecule has 0 aliphatic carbocycles. The Labute approximate surface area is 58.5 Å². The van der Waals surface area contributed by atoms with Gasteiger partial charge in [0, 0.05) is 7.05 Å². The lowest BCUT2D eigenvalue weighted by molar-refractivity contribution is 0.279. The molecule has 2 nitrogen and oxygen atoms in total. The van der Waals surface area contributed by atoms with Crippen LogP contribution in [0.5, 0.6) is 0 Å². The van der Waals surface area contributed by atoms with Gasteiger partial charge in [0.15, 0.2) is 0 Å². The van der Waals surface area contributed by atoms with Gasteiger partial charge in [0.2, 0.25) is 0 Å². The van der Waals surface area contributed by atoms with Crippen LogP contribution in [0.4, 0.5) is 10.1 Å². The van der Waals surface area contributed by atoms with E-state index < -0.39 is 0 Å². The molecule has 3 heteroatoms. The highest BCUT2D eigenvalue weighted by molar-refractivity contribution is 5.42. The molecule has 0 aromatic heterocycles. The van der Waals surface area contributed by atoms with Crippen molar-refractivity contribution in [3.8, 4) is 0 Å². The lowest BCUT2D eigenvalue weighted by atomic mass is 10.3. The number of hydroxylamine groups is 1. The van der Waals surface area contributed by atoms with E-state index in [0.29, 0.717) is 5.69 Å². The van der Waals surface area contributed by atoms with E-state index >= 15 is 0 Å². The fraction of sp³-hybridized carbons (Fsp3) is 0.143. The lowest BCUT2D eigenvalue weighted by Gasteiger charge is -2.08. The fourth-order valence-electron chi connectivity index (χ4n) is 0.657. The molecule has 1 rings (SSSR count). The highest BCUT2D eigenvalue weighted by Gasteiger charge is 1.94. The third kappa shape index (κ3) is 1.45. The van der Waals surface area contributed by atoms with Crippen molar-refractivity contribution in [1.29, 1.82) is 0 Å². The summed E-state index contributed by atoms with van der Waals surface area (Å²) in [6, 6.07) is 5.58. The van der Waals surface area contributed by atoms with Crippen LogP contribution in [0.2, 0.25) is 0 Å². The van der Waals surface area contributed by atoms with E-state index in [1.165, 1.54) is 31.3 Å². The fourth-order valence-corrected chi connectivity index (χ4v) is 0.657. The Hall–Kier alpha value is -1.09. The Morgan fingerprint density at radius 3 is 2.20 bits per heavy atom. The van der Waals surface area contributed by atoms with E-state index in [0.717, 1.165) is 5.06 Å². The Kier molecular flexibility index (Phi) is 1.87. The van der Waals surface area contributed by atoms with Crippen molar-refractivity contribution >= 4 is 5.69 Å². The largest absolute Gasteiger partial charge is 0.289 e. The molecule has 0 heterocycles. The molecule has 0 saturated carbocycles. The lowest BCUT2D eigenvalue weighted by Crippen LogP contribution is -2.09. The van der Waals surface area contributed by atoms with Crippen LogP contribution in [0.1, 0.15) is 0 Å². The number of anilines is 1. The summed E-state index contributed by atoms with van der Waals surface area (Å²) in [6.45, 7) is 0. The number of nitrogens with zero attached hydrogens (tertiary/aromatic N) is 1. The van der Waals surface area contributed by atoms with Crippen LogP contribution in [0.15, 0.2) is 24.3 Å². The minimum absolute atomic E-state index is 0.300. The van der Waals surface area contributed by atoms with Gasteiger partial charge in [-0.25, -0.2) is 4.39 Å². The van der Waals surface area contributed by atoms with Crippen molar-refractivity contribution < 1.29 is 9.60 Å². The molecule has 0 aliphatic rings. The summed E-state index contributed by atoms with van der Waals surface area (Å²) >= 11 is 0. The molecule has 0 radical (unpaired) electrons. The molecular formula is C7H8FNO. The van der Waals surface area contributed by atoms with E-state index in [1.54, 1.807) is 0 Å². The van der Waals surface area contributed by atoms with Gasteiger partial charge in [-0.15, -0.1) is 0 Å². The van der Waals surface area contributed by atoms with Crippen molar-refractivity contribution in [3.05, 3.63) is 30.1 Å². The molecular weight excluding hydrogens is 133 g/mol. The maximum Gasteiger partial charge on any atom is 0.123 e. The summed E-state index contributed by atoms with van der Waals surface area (Å²) in [6.07, 6.45) is 0. The van der Waals surface area contributed by atoms with Crippen LogP contribution < -0.4 is 5.06 Å². The van der Waals surface area contributed by atoms with Crippen LogP contribution >= 0.6 is 0 Å². The minimum atomic E-state index is -0.300. The maximum absolute atomic E-state index is 12.2. The molecule has 0 atom stereocenters. The third-order valence-corrected chi connectivity index (χ3v) is 1.20. The first kappa shape index (κ1) is 7.02. The summed E-state index contributed by atoms with van der Waals surface area (Å²) in [5, 5.41) is 9.76. The number of halogens is 1. The van der Waals surface area contributed by atoms with Gasteiger partial charge >= 0.3 is 0 Å². The van der Waals surface area contributed by atoms with Gasteiger partial charge in [-0.1, -0.05) is 0 Å². The second-order valence-electron chi connectivity index (χ2n) is 2.00. The number of hydrogen-bond donors (Lipinski definition) is 1. The highest BCUT2D eigenvalue weighted by Crippen LogP contribution is 2.10. The molecule has 54 valence electrons. The molecule has 0 bridgehead atoms. The molecule has 0 unspecified atom stereocenters. The van der Waals surface area contributed by atoms with Crippen LogP contribution in [0.25, 0.3) is 0 Å². The first-order chi connectivity index (χ1) is 4.70. The molecule has 0 amide bonds. The Balaban J connectivity index is 2.89. The monoisotopic (exact) mass is 141 g/mol. The van der Waals surface area contributed by atoms with Gasteiger partial charge in [-0.2, -0.15) is 0 Å². The zero-order valence-electron chi connectivity index (χ0n) is 5.58. The summed E-state index contributed by atoms with van der Waals surface area (Å²) in [5.74, 6) is -0.300. The number of hydrogen-bond acceptors (Lipinski definition) is 2.